The number of alkyl halides is 3. The third kappa shape index (κ3) is 3.61. The molecule has 0 aliphatic heterocycles. The topological polar surface area (TPSA) is 81.2 Å². The molecule has 0 atom stereocenters. The minimum absolute atomic E-state index is 0. The van der Waals surface area contributed by atoms with Crippen molar-refractivity contribution in [2.24, 2.45) is 5.73 Å². The Kier molecular flexibility index (Phi) is 4.96. The first-order valence-corrected chi connectivity index (χ1v) is 5.38. The predicted octanol–water partition coefficient (Wildman–Crippen LogP) is 2.56. The van der Waals surface area contributed by atoms with E-state index in [1.165, 1.54) is 18.2 Å². The van der Waals surface area contributed by atoms with Gasteiger partial charge in [0.05, 0.1) is 0 Å². The number of hydrogen-bond donors (Lipinski definition) is 2. The summed E-state index contributed by atoms with van der Waals surface area (Å²) in [6, 6.07) is 4.06. The Morgan fingerprint density at radius 1 is 1.40 bits per heavy atom. The molecule has 3 N–H and O–H groups in total. The fourth-order valence-electron chi connectivity index (χ4n) is 1.48. The van der Waals surface area contributed by atoms with Gasteiger partial charge in [-0.25, -0.2) is 4.98 Å². The van der Waals surface area contributed by atoms with Crippen LogP contribution < -0.4 is 11.1 Å². The van der Waals surface area contributed by atoms with E-state index in [0.29, 0.717) is 5.69 Å². The highest BCUT2D eigenvalue weighted by Gasteiger charge is 2.37. The Labute approximate surface area is 117 Å². The van der Waals surface area contributed by atoms with Crippen LogP contribution in [0.15, 0.2) is 22.6 Å². The average molecular weight is 310 g/mol. The number of hydrogen-bond acceptors (Lipinski definition) is 4. The molecule has 2 rings (SSSR count). The molecule has 0 radical (unpaired) electrons. The number of amides is 1. The summed E-state index contributed by atoms with van der Waals surface area (Å²) in [5, 5.41) is 2.50. The van der Waals surface area contributed by atoms with Crippen LogP contribution >= 0.6 is 12.4 Å². The van der Waals surface area contributed by atoms with Gasteiger partial charge < -0.3 is 15.5 Å². The Morgan fingerprint density at radius 3 is 2.70 bits per heavy atom. The Morgan fingerprint density at radius 2 is 2.10 bits per heavy atom. The summed E-state index contributed by atoms with van der Waals surface area (Å²) in [5.74, 6) is -1.63. The number of carbonyl (C=O) groups is 1. The van der Waals surface area contributed by atoms with Gasteiger partial charge in [-0.2, -0.15) is 13.2 Å². The summed E-state index contributed by atoms with van der Waals surface area (Å²) in [6.45, 7) is 0.191. The third-order valence-electron chi connectivity index (χ3n) is 2.29. The van der Waals surface area contributed by atoms with E-state index in [-0.39, 0.29) is 42.4 Å². The quantitative estimate of drug-likeness (QED) is 0.913. The second kappa shape index (κ2) is 6.10. The fourth-order valence-corrected chi connectivity index (χ4v) is 1.48. The molecule has 1 aromatic heterocycles. The van der Waals surface area contributed by atoms with Crippen LogP contribution in [0.25, 0.3) is 11.1 Å². The van der Waals surface area contributed by atoms with Crippen molar-refractivity contribution >= 4 is 35.1 Å². The van der Waals surface area contributed by atoms with Crippen molar-refractivity contribution < 1.29 is 22.4 Å². The minimum atomic E-state index is -4.64. The zero-order valence-electron chi connectivity index (χ0n) is 10.0. The molecule has 0 fully saturated rings. The molecule has 9 heteroatoms. The lowest BCUT2D eigenvalue weighted by Gasteiger charge is -2.02. The van der Waals surface area contributed by atoms with Crippen LogP contribution in [0.5, 0.6) is 0 Å². The zero-order chi connectivity index (χ0) is 14.0. The van der Waals surface area contributed by atoms with Crippen LogP contribution in [0.3, 0.4) is 0 Å². The predicted molar refractivity (Wildman–Crippen MR) is 68.6 cm³/mol. The maximum absolute atomic E-state index is 12.4. The fraction of sp³-hybridized carbons (Fsp3) is 0.273. The van der Waals surface area contributed by atoms with Crippen LogP contribution in [0.2, 0.25) is 0 Å². The van der Waals surface area contributed by atoms with Crippen molar-refractivity contribution in [1.82, 2.24) is 4.98 Å². The van der Waals surface area contributed by atoms with E-state index in [4.69, 9.17) is 5.73 Å². The summed E-state index contributed by atoms with van der Waals surface area (Å²) in [6.07, 6.45) is -4.51. The summed E-state index contributed by atoms with van der Waals surface area (Å²) < 4.78 is 41.8. The lowest BCUT2D eigenvalue weighted by molar-refractivity contribution is -0.156. The van der Waals surface area contributed by atoms with E-state index in [0.717, 1.165) is 0 Å². The number of aromatic nitrogens is 1. The maximum atomic E-state index is 12.4. The molecule has 0 saturated carbocycles. The molecule has 5 nitrogen and oxygen atoms in total. The number of nitrogens with zero attached hydrogens (tertiary/aromatic N) is 1. The average Bonchev–Trinajstić information content (AvgIpc) is 2.71. The first kappa shape index (κ1) is 16.3. The smallest absolute Gasteiger partial charge is 0.433 e. The number of benzene rings is 1. The molecule has 1 aromatic carbocycles. The van der Waals surface area contributed by atoms with E-state index >= 15 is 0 Å². The van der Waals surface area contributed by atoms with Gasteiger partial charge in [0.1, 0.15) is 5.52 Å². The highest BCUT2D eigenvalue weighted by Crippen LogP contribution is 2.31. The standard InChI is InChI=1S/C11H10F3N3O2.ClH/c12-11(13,14)10-17-7-5-6(1-2-8(7)19-10)16-9(18)3-4-15;/h1-2,5H,3-4,15H2,(H,16,18);1H. The number of oxazole rings is 1. The Hall–Kier alpha value is -1.80. The van der Waals surface area contributed by atoms with E-state index in [9.17, 15) is 18.0 Å². The third-order valence-corrected chi connectivity index (χ3v) is 2.29. The van der Waals surface area contributed by atoms with Gasteiger partial charge in [-0.05, 0) is 18.2 Å². The minimum Gasteiger partial charge on any atom is -0.433 e. The highest BCUT2D eigenvalue weighted by molar-refractivity contribution is 5.92. The van der Waals surface area contributed by atoms with Crippen LogP contribution in [0.4, 0.5) is 18.9 Å². The number of nitrogens with two attached hydrogens (primary N) is 1. The molecule has 20 heavy (non-hydrogen) atoms. The molecular formula is C11H11ClF3N3O2. The highest BCUT2D eigenvalue weighted by atomic mass is 35.5. The Balaban J connectivity index is 0.00000200. The molecular weight excluding hydrogens is 299 g/mol. The first-order chi connectivity index (χ1) is 8.90. The van der Waals surface area contributed by atoms with Gasteiger partial charge in [0, 0.05) is 18.7 Å². The summed E-state index contributed by atoms with van der Waals surface area (Å²) in [5.41, 5.74) is 5.58. The van der Waals surface area contributed by atoms with E-state index in [1.807, 2.05) is 0 Å². The monoisotopic (exact) mass is 309 g/mol. The second-order valence-corrected chi connectivity index (χ2v) is 3.79. The van der Waals surface area contributed by atoms with Crippen LogP contribution in [0.1, 0.15) is 12.3 Å². The molecule has 0 aliphatic rings. The number of anilines is 1. The number of carbonyl (C=O) groups excluding carboxylic acids is 1. The zero-order valence-corrected chi connectivity index (χ0v) is 10.8. The van der Waals surface area contributed by atoms with Crippen molar-refractivity contribution in [2.45, 2.75) is 12.6 Å². The molecule has 1 amide bonds. The van der Waals surface area contributed by atoms with Gasteiger partial charge in [0.25, 0.3) is 0 Å². The largest absolute Gasteiger partial charge is 0.468 e. The maximum Gasteiger partial charge on any atom is 0.468 e. The van der Waals surface area contributed by atoms with Gasteiger partial charge in [-0.3, -0.25) is 4.79 Å². The van der Waals surface area contributed by atoms with Gasteiger partial charge >= 0.3 is 12.1 Å². The normalized spacial score (nSPS) is 11.2. The molecule has 0 unspecified atom stereocenters. The summed E-state index contributed by atoms with van der Waals surface area (Å²) >= 11 is 0. The molecule has 0 spiro atoms. The van der Waals surface area contributed by atoms with Crippen molar-refractivity contribution in [3.63, 3.8) is 0 Å². The van der Waals surface area contributed by atoms with Crippen molar-refractivity contribution in [3.05, 3.63) is 24.1 Å². The lowest BCUT2D eigenvalue weighted by atomic mass is 10.2. The van der Waals surface area contributed by atoms with Gasteiger partial charge in [0.15, 0.2) is 5.58 Å². The van der Waals surface area contributed by atoms with Crippen LogP contribution in [0, 0.1) is 0 Å². The number of fused-ring (bicyclic) bond motifs is 1. The Bertz CT molecular complexity index is 612. The molecule has 0 aliphatic carbocycles. The summed E-state index contributed by atoms with van der Waals surface area (Å²) in [7, 11) is 0. The molecule has 0 bridgehead atoms. The second-order valence-electron chi connectivity index (χ2n) is 3.79. The van der Waals surface area contributed by atoms with E-state index in [1.54, 1.807) is 0 Å². The van der Waals surface area contributed by atoms with Gasteiger partial charge in [-0.1, -0.05) is 0 Å². The number of halogens is 4. The first-order valence-electron chi connectivity index (χ1n) is 5.38. The van der Waals surface area contributed by atoms with Gasteiger partial charge in [-0.15, -0.1) is 12.4 Å². The van der Waals surface area contributed by atoms with Crippen molar-refractivity contribution in [2.75, 3.05) is 11.9 Å². The van der Waals surface area contributed by atoms with E-state index in [2.05, 4.69) is 14.7 Å². The van der Waals surface area contributed by atoms with Crippen LogP contribution in [-0.4, -0.2) is 17.4 Å². The molecule has 1 heterocycles. The molecule has 2 aromatic rings. The van der Waals surface area contributed by atoms with E-state index < -0.39 is 12.1 Å². The van der Waals surface area contributed by atoms with Crippen molar-refractivity contribution in [1.29, 1.82) is 0 Å². The van der Waals surface area contributed by atoms with Crippen LogP contribution in [-0.2, 0) is 11.0 Å². The summed E-state index contributed by atoms with van der Waals surface area (Å²) in [4.78, 5) is 14.6. The SMILES string of the molecule is Cl.NCCC(=O)Nc1ccc2oc(C(F)(F)F)nc2c1. The van der Waals surface area contributed by atoms with Crippen molar-refractivity contribution in [3.8, 4) is 0 Å². The van der Waals surface area contributed by atoms with Gasteiger partial charge in [0.2, 0.25) is 5.91 Å². The number of rotatable bonds is 3. The lowest BCUT2D eigenvalue weighted by Crippen LogP contribution is -2.16. The molecule has 0 saturated heterocycles. The molecule has 110 valence electrons. The number of nitrogens with one attached hydrogen (secondary N) is 1.